The molecule has 1 amide bonds. The zero-order valence-electron chi connectivity index (χ0n) is 12.5. The number of aliphatic carboxylic acids is 1. The second-order valence-corrected chi connectivity index (χ2v) is 5.27. The molecule has 0 aliphatic heterocycles. The Labute approximate surface area is 125 Å². The highest BCUT2D eigenvalue weighted by Crippen LogP contribution is 2.08. The average Bonchev–Trinajstić information content (AvgIpc) is 2.48. The number of carboxylic acid groups (broad SMARTS) is 1. The topological polar surface area (TPSA) is 78.4 Å². The van der Waals surface area contributed by atoms with Gasteiger partial charge in [0.2, 0.25) is 5.91 Å². The number of benzene rings is 1. The lowest BCUT2D eigenvalue weighted by Crippen LogP contribution is -2.34. The Morgan fingerprint density at radius 2 is 1.90 bits per heavy atom. The number of hydrogen-bond donors (Lipinski definition) is 3. The van der Waals surface area contributed by atoms with Gasteiger partial charge in [0.15, 0.2) is 0 Å². The molecular formula is C16H24N2O3. The Kier molecular flexibility index (Phi) is 8.12. The fourth-order valence-corrected chi connectivity index (χ4v) is 1.92. The monoisotopic (exact) mass is 292 g/mol. The molecule has 1 aromatic carbocycles. The molecule has 0 fully saturated rings. The van der Waals surface area contributed by atoms with Gasteiger partial charge in [-0.25, -0.2) is 0 Å². The number of carboxylic acids is 1. The predicted octanol–water partition coefficient (Wildman–Crippen LogP) is 1.78. The molecule has 0 aromatic heterocycles. The third-order valence-corrected chi connectivity index (χ3v) is 3.28. The van der Waals surface area contributed by atoms with E-state index in [2.05, 4.69) is 10.6 Å². The van der Waals surface area contributed by atoms with Gasteiger partial charge in [-0.2, -0.15) is 0 Å². The van der Waals surface area contributed by atoms with Crippen LogP contribution in [0, 0.1) is 5.92 Å². The molecule has 0 spiro atoms. The molecule has 21 heavy (non-hydrogen) atoms. The van der Waals surface area contributed by atoms with E-state index in [9.17, 15) is 9.59 Å². The first kappa shape index (κ1) is 17.2. The molecule has 1 atom stereocenters. The van der Waals surface area contributed by atoms with Crippen LogP contribution in [0.15, 0.2) is 30.3 Å². The minimum absolute atomic E-state index is 0.0305. The highest BCUT2D eigenvalue weighted by Gasteiger charge is 2.06. The minimum Gasteiger partial charge on any atom is -0.481 e. The third kappa shape index (κ3) is 8.81. The molecule has 1 unspecified atom stereocenters. The van der Waals surface area contributed by atoms with Gasteiger partial charge in [0.05, 0.1) is 6.54 Å². The molecule has 3 N–H and O–H groups in total. The lowest BCUT2D eigenvalue weighted by Gasteiger charge is -2.11. The molecule has 0 bridgehead atoms. The molecule has 5 nitrogen and oxygen atoms in total. The van der Waals surface area contributed by atoms with Crippen molar-refractivity contribution in [3.8, 4) is 0 Å². The molecule has 0 aliphatic rings. The normalized spacial score (nSPS) is 11.9. The van der Waals surface area contributed by atoms with Crippen molar-refractivity contribution in [3.63, 3.8) is 0 Å². The van der Waals surface area contributed by atoms with Crippen LogP contribution in [0.1, 0.15) is 31.7 Å². The molecule has 116 valence electrons. The summed E-state index contributed by atoms with van der Waals surface area (Å²) in [5.41, 5.74) is 1.08. The van der Waals surface area contributed by atoms with Crippen molar-refractivity contribution < 1.29 is 14.7 Å². The van der Waals surface area contributed by atoms with Crippen molar-refractivity contribution in [1.29, 1.82) is 0 Å². The van der Waals surface area contributed by atoms with Crippen LogP contribution in [0.3, 0.4) is 0 Å². The van der Waals surface area contributed by atoms with E-state index in [1.165, 1.54) is 0 Å². The van der Waals surface area contributed by atoms with E-state index >= 15 is 0 Å². The lowest BCUT2D eigenvalue weighted by atomic mass is 10.0. The molecule has 0 aliphatic carbocycles. The first-order chi connectivity index (χ1) is 10.1. The average molecular weight is 292 g/mol. The van der Waals surface area contributed by atoms with Crippen molar-refractivity contribution in [3.05, 3.63) is 35.9 Å². The maximum atomic E-state index is 11.6. The van der Waals surface area contributed by atoms with Crippen LogP contribution in [0.5, 0.6) is 0 Å². The molecule has 1 rings (SSSR count). The van der Waals surface area contributed by atoms with E-state index in [1.54, 1.807) is 0 Å². The number of carbonyl (C=O) groups is 2. The summed E-state index contributed by atoms with van der Waals surface area (Å²) in [4.78, 5) is 22.1. The maximum Gasteiger partial charge on any atom is 0.303 e. The van der Waals surface area contributed by atoms with Crippen LogP contribution in [0.4, 0.5) is 0 Å². The van der Waals surface area contributed by atoms with E-state index < -0.39 is 5.97 Å². The smallest absolute Gasteiger partial charge is 0.303 e. The van der Waals surface area contributed by atoms with Crippen molar-refractivity contribution in [2.45, 2.75) is 32.7 Å². The first-order valence-corrected chi connectivity index (χ1v) is 7.31. The summed E-state index contributed by atoms with van der Waals surface area (Å²) < 4.78 is 0. The number of hydrogen-bond acceptors (Lipinski definition) is 3. The van der Waals surface area contributed by atoms with Gasteiger partial charge in [-0.1, -0.05) is 37.3 Å². The van der Waals surface area contributed by atoms with Crippen molar-refractivity contribution in [1.82, 2.24) is 10.6 Å². The standard InChI is InChI=1S/C16H24N2O3/c1-13(7-8-16(20)21)9-10-17-12-15(19)18-11-14-5-3-2-4-6-14/h2-6,13,17H,7-12H2,1H3,(H,18,19)(H,20,21). The Hall–Kier alpha value is -1.88. The van der Waals surface area contributed by atoms with Crippen molar-refractivity contribution in [2.24, 2.45) is 5.92 Å². The second-order valence-electron chi connectivity index (χ2n) is 5.27. The van der Waals surface area contributed by atoms with Crippen LogP contribution in [0.2, 0.25) is 0 Å². The van der Waals surface area contributed by atoms with E-state index in [-0.39, 0.29) is 12.3 Å². The molecule has 0 heterocycles. The molecule has 0 saturated heterocycles. The lowest BCUT2D eigenvalue weighted by molar-refractivity contribution is -0.137. The Morgan fingerprint density at radius 1 is 1.19 bits per heavy atom. The molecule has 0 radical (unpaired) electrons. The van der Waals surface area contributed by atoms with Gasteiger partial charge >= 0.3 is 5.97 Å². The van der Waals surface area contributed by atoms with Gasteiger partial charge in [0.25, 0.3) is 0 Å². The van der Waals surface area contributed by atoms with Crippen molar-refractivity contribution in [2.75, 3.05) is 13.1 Å². The van der Waals surface area contributed by atoms with Gasteiger partial charge in [0.1, 0.15) is 0 Å². The largest absolute Gasteiger partial charge is 0.481 e. The fourth-order valence-electron chi connectivity index (χ4n) is 1.92. The van der Waals surface area contributed by atoms with Crippen LogP contribution in [-0.4, -0.2) is 30.1 Å². The SMILES string of the molecule is CC(CCNCC(=O)NCc1ccccc1)CCC(=O)O. The van der Waals surface area contributed by atoms with Crippen LogP contribution in [-0.2, 0) is 16.1 Å². The summed E-state index contributed by atoms with van der Waals surface area (Å²) in [6.07, 6.45) is 1.76. The van der Waals surface area contributed by atoms with Gasteiger partial charge in [-0.3, -0.25) is 9.59 Å². The summed E-state index contributed by atoms with van der Waals surface area (Å²) in [7, 11) is 0. The highest BCUT2D eigenvalue weighted by atomic mass is 16.4. The fraction of sp³-hybridized carbons (Fsp3) is 0.500. The van der Waals surface area contributed by atoms with Gasteiger partial charge in [0, 0.05) is 13.0 Å². The second kappa shape index (κ2) is 9.94. The van der Waals surface area contributed by atoms with E-state index in [1.807, 2.05) is 37.3 Å². The number of amides is 1. The zero-order chi connectivity index (χ0) is 15.5. The predicted molar refractivity (Wildman–Crippen MR) is 81.8 cm³/mol. The van der Waals surface area contributed by atoms with Crippen LogP contribution < -0.4 is 10.6 Å². The molecule has 0 saturated carbocycles. The summed E-state index contributed by atoms with van der Waals surface area (Å²) in [5.74, 6) is -0.437. The Balaban J connectivity index is 2.04. The minimum atomic E-state index is -0.755. The Morgan fingerprint density at radius 3 is 2.57 bits per heavy atom. The third-order valence-electron chi connectivity index (χ3n) is 3.28. The summed E-state index contributed by atoms with van der Waals surface area (Å²) in [6, 6.07) is 9.77. The highest BCUT2D eigenvalue weighted by molar-refractivity contribution is 5.77. The quantitative estimate of drug-likeness (QED) is 0.574. The van der Waals surface area contributed by atoms with Crippen molar-refractivity contribution >= 4 is 11.9 Å². The van der Waals surface area contributed by atoms with Crippen LogP contribution >= 0.6 is 0 Å². The van der Waals surface area contributed by atoms with Gasteiger partial charge < -0.3 is 15.7 Å². The summed E-state index contributed by atoms with van der Waals surface area (Å²) >= 11 is 0. The maximum absolute atomic E-state index is 11.6. The van der Waals surface area contributed by atoms with Gasteiger partial charge in [-0.05, 0) is 30.9 Å². The van der Waals surface area contributed by atoms with Gasteiger partial charge in [-0.15, -0.1) is 0 Å². The summed E-state index contributed by atoms with van der Waals surface area (Å²) in [5, 5.41) is 14.5. The first-order valence-electron chi connectivity index (χ1n) is 7.31. The molecule has 5 heteroatoms. The number of nitrogens with one attached hydrogen (secondary N) is 2. The van der Waals surface area contributed by atoms with E-state index in [4.69, 9.17) is 5.11 Å². The molecule has 1 aromatic rings. The van der Waals surface area contributed by atoms with E-state index in [0.717, 1.165) is 18.5 Å². The van der Waals surface area contributed by atoms with E-state index in [0.29, 0.717) is 25.4 Å². The molecular weight excluding hydrogens is 268 g/mol. The van der Waals surface area contributed by atoms with Crippen LogP contribution in [0.25, 0.3) is 0 Å². The zero-order valence-corrected chi connectivity index (χ0v) is 12.5. The summed E-state index contributed by atoms with van der Waals surface area (Å²) in [6.45, 7) is 3.58. The Bertz CT molecular complexity index is 434. The number of carbonyl (C=O) groups excluding carboxylic acids is 1. The number of rotatable bonds is 10.